The summed E-state index contributed by atoms with van der Waals surface area (Å²) < 4.78 is 0. The van der Waals surface area contributed by atoms with Gasteiger partial charge in [-0.3, -0.25) is 4.79 Å². The Morgan fingerprint density at radius 2 is 2.16 bits per heavy atom. The number of carbonyl (C=O) groups is 1. The first kappa shape index (κ1) is 14.1. The Morgan fingerprint density at radius 1 is 1.47 bits per heavy atom. The van der Waals surface area contributed by atoms with Gasteiger partial charge in [0.05, 0.1) is 0 Å². The SMILES string of the molecule is CC(C)(C)C1CCN(C(=O)c2cc(N)nc(Cl)c2)C1. The molecule has 2 rings (SSSR count). The number of halogens is 1. The second kappa shape index (κ2) is 5.00. The molecule has 4 nitrogen and oxygen atoms in total. The van der Waals surface area contributed by atoms with Gasteiger partial charge in [0.25, 0.3) is 5.91 Å². The summed E-state index contributed by atoms with van der Waals surface area (Å²) >= 11 is 5.84. The molecule has 0 radical (unpaired) electrons. The number of carbonyl (C=O) groups excluding carboxylic acids is 1. The van der Waals surface area contributed by atoms with Crippen LogP contribution in [0.2, 0.25) is 5.15 Å². The van der Waals surface area contributed by atoms with Crippen LogP contribution in [0.3, 0.4) is 0 Å². The van der Waals surface area contributed by atoms with Crippen molar-refractivity contribution in [2.45, 2.75) is 27.2 Å². The maximum absolute atomic E-state index is 12.4. The molecule has 1 aromatic rings. The number of likely N-dealkylation sites (tertiary alicyclic amines) is 1. The molecule has 19 heavy (non-hydrogen) atoms. The molecule has 1 aliphatic rings. The largest absolute Gasteiger partial charge is 0.384 e. The summed E-state index contributed by atoms with van der Waals surface area (Å²) in [5, 5.41) is 0.259. The molecule has 0 aromatic carbocycles. The Balaban J connectivity index is 2.13. The number of nitrogens with two attached hydrogens (primary N) is 1. The molecule has 1 atom stereocenters. The normalized spacial score (nSPS) is 19.8. The fourth-order valence-electron chi connectivity index (χ4n) is 2.47. The van der Waals surface area contributed by atoms with Crippen LogP contribution >= 0.6 is 11.6 Å². The predicted octanol–water partition coefficient (Wildman–Crippen LogP) is 2.83. The van der Waals surface area contributed by atoms with E-state index in [-0.39, 0.29) is 22.3 Å². The van der Waals surface area contributed by atoms with Crippen LogP contribution in [-0.2, 0) is 0 Å². The van der Waals surface area contributed by atoms with Crippen molar-refractivity contribution in [1.82, 2.24) is 9.88 Å². The van der Waals surface area contributed by atoms with E-state index in [4.69, 9.17) is 17.3 Å². The van der Waals surface area contributed by atoms with Crippen molar-refractivity contribution in [3.05, 3.63) is 22.8 Å². The number of anilines is 1. The molecule has 0 aliphatic carbocycles. The second-order valence-electron chi connectivity index (χ2n) is 6.21. The minimum Gasteiger partial charge on any atom is -0.384 e. The van der Waals surface area contributed by atoms with Gasteiger partial charge in [-0.15, -0.1) is 0 Å². The molecule has 2 heterocycles. The van der Waals surface area contributed by atoms with Gasteiger partial charge >= 0.3 is 0 Å². The van der Waals surface area contributed by atoms with Crippen LogP contribution in [0.5, 0.6) is 0 Å². The summed E-state index contributed by atoms with van der Waals surface area (Å²) in [6, 6.07) is 3.16. The molecule has 1 unspecified atom stereocenters. The van der Waals surface area contributed by atoms with Crippen LogP contribution in [-0.4, -0.2) is 28.9 Å². The molecule has 0 saturated carbocycles. The highest BCUT2D eigenvalue weighted by Crippen LogP contribution is 2.34. The van der Waals surface area contributed by atoms with Gasteiger partial charge < -0.3 is 10.6 Å². The maximum atomic E-state index is 12.4. The van der Waals surface area contributed by atoms with Crippen LogP contribution in [0.1, 0.15) is 37.6 Å². The molecule has 5 heteroatoms. The topological polar surface area (TPSA) is 59.2 Å². The first-order valence-corrected chi connectivity index (χ1v) is 6.87. The summed E-state index contributed by atoms with van der Waals surface area (Å²) in [4.78, 5) is 18.2. The first-order valence-electron chi connectivity index (χ1n) is 6.49. The highest BCUT2D eigenvalue weighted by Gasteiger charge is 2.34. The Morgan fingerprint density at radius 3 is 2.68 bits per heavy atom. The van der Waals surface area contributed by atoms with Crippen LogP contribution < -0.4 is 5.73 Å². The van der Waals surface area contributed by atoms with E-state index < -0.39 is 0 Å². The molecule has 0 bridgehead atoms. The molecule has 1 aliphatic heterocycles. The van der Waals surface area contributed by atoms with Crippen molar-refractivity contribution in [2.24, 2.45) is 11.3 Å². The van der Waals surface area contributed by atoms with Gasteiger partial charge in [0.2, 0.25) is 0 Å². The number of aromatic nitrogens is 1. The fraction of sp³-hybridized carbons (Fsp3) is 0.571. The van der Waals surface area contributed by atoms with Gasteiger partial charge in [-0.2, -0.15) is 0 Å². The highest BCUT2D eigenvalue weighted by molar-refractivity contribution is 6.29. The van der Waals surface area contributed by atoms with Crippen molar-refractivity contribution >= 4 is 23.3 Å². The van der Waals surface area contributed by atoms with E-state index in [0.717, 1.165) is 19.5 Å². The van der Waals surface area contributed by atoms with Gasteiger partial charge in [-0.1, -0.05) is 32.4 Å². The first-order chi connectivity index (χ1) is 8.77. The van der Waals surface area contributed by atoms with Crippen LogP contribution in [0.25, 0.3) is 0 Å². The van der Waals surface area contributed by atoms with Crippen molar-refractivity contribution in [3.8, 4) is 0 Å². The number of nitrogens with zero attached hydrogens (tertiary/aromatic N) is 2. The molecule has 1 aromatic heterocycles. The van der Waals surface area contributed by atoms with Crippen molar-refractivity contribution < 1.29 is 4.79 Å². The lowest BCUT2D eigenvalue weighted by molar-refractivity contribution is 0.0776. The number of amides is 1. The van der Waals surface area contributed by atoms with E-state index in [2.05, 4.69) is 25.8 Å². The summed E-state index contributed by atoms with van der Waals surface area (Å²) in [7, 11) is 0. The third-order valence-electron chi connectivity index (χ3n) is 3.76. The van der Waals surface area contributed by atoms with Crippen molar-refractivity contribution in [2.75, 3.05) is 18.8 Å². The number of hydrogen-bond acceptors (Lipinski definition) is 3. The van der Waals surface area contributed by atoms with E-state index in [1.54, 1.807) is 12.1 Å². The summed E-state index contributed by atoms with van der Waals surface area (Å²) in [5.41, 5.74) is 6.37. The smallest absolute Gasteiger partial charge is 0.254 e. The van der Waals surface area contributed by atoms with E-state index in [1.165, 1.54) is 0 Å². The lowest BCUT2D eigenvalue weighted by Crippen LogP contribution is -2.31. The summed E-state index contributed by atoms with van der Waals surface area (Å²) in [5.74, 6) is 0.802. The molecule has 1 amide bonds. The quantitative estimate of drug-likeness (QED) is 0.805. The third-order valence-corrected chi connectivity index (χ3v) is 3.95. The van der Waals surface area contributed by atoms with Gasteiger partial charge in [-0.25, -0.2) is 4.98 Å². The van der Waals surface area contributed by atoms with E-state index in [9.17, 15) is 4.79 Å². The molecular weight excluding hydrogens is 262 g/mol. The summed E-state index contributed by atoms with van der Waals surface area (Å²) in [6.45, 7) is 8.23. The summed E-state index contributed by atoms with van der Waals surface area (Å²) in [6.07, 6.45) is 1.05. The Kier molecular flexibility index (Phi) is 3.72. The average Bonchev–Trinajstić information content (AvgIpc) is 2.75. The number of hydrogen-bond donors (Lipinski definition) is 1. The average molecular weight is 282 g/mol. The van der Waals surface area contributed by atoms with E-state index >= 15 is 0 Å². The maximum Gasteiger partial charge on any atom is 0.254 e. The van der Waals surface area contributed by atoms with Gasteiger partial charge in [0.15, 0.2) is 0 Å². The third kappa shape index (κ3) is 3.18. The van der Waals surface area contributed by atoms with E-state index in [1.807, 2.05) is 4.90 Å². The molecule has 1 fully saturated rings. The standard InChI is InChI=1S/C14H20ClN3O/c1-14(2,3)10-4-5-18(8-10)13(19)9-6-11(15)17-12(16)7-9/h6-7,10H,4-5,8H2,1-3H3,(H2,16,17). The molecule has 104 valence electrons. The van der Waals surface area contributed by atoms with Crippen molar-refractivity contribution in [3.63, 3.8) is 0 Å². The van der Waals surface area contributed by atoms with Crippen molar-refractivity contribution in [1.29, 1.82) is 0 Å². The Hall–Kier alpha value is -1.29. The molecule has 1 saturated heterocycles. The zero-order valence-corrected chi connectivity index (χ0v) is 12.4. The van der Waals surface area contributed by atoms with Gasteiger partial charge in [-0.05, 0) is 29.9 Å². The highest BCUT2D eigenvalue weighted by atomic mass is 35.5. The lowest BCUT2D eigenvalue weighted by Gasteiger charge is -2.27. The van der Waals surface area contributed by atoms with Gasteiger partial charge in [0, 0.05) is 18.7 Å². The van der Waals surface area contributed by atoms with Gasteiger partial charge in [0.1, 0.15) is 11.0 Å². The molecule has 0 spiro atoms. The minimum absolute atomic E-state index is 0.0113. The van der Waals surface area contributed by atoms with E-state index in [0.29, 0.717) is 11.5 Å². The fourth-order valence-corrected chi connectivity index (χ4v) is 2.69. The number of nitrogen functional groups attached to an aromatic ring is 1. The Bertz CT molecular complexity index is 476. The number of pyridine rings is 1. The molecule has 2 N–H and O–H groups in total. The van der Waals surface area contributed by atoms with Crippen LogP contribution in [0.4, 0.5) is 5.82 Å². The monoisotopic (exact) mass is 281 g/mol. The molecular formula is C14H20ClN3O. The zero-order valence-electron chi connectivity index (χ0n) is 11.6. The van der Waals surface area contributed by atoms with Crippen LogP contribution in [0.15, 0.2) is 12.1 Å². The predicted molar refractivity (Wildman–Crippen MR) is 77.1 cm³/mol. The Labute approximate surface area is 118 Å². The number of rotatable bonds is 1. The zero-order chi connectivity index (χ0) is 14.2. The minimum atomic E-state index is -0.0113. The second-order valence-corrected chi connectivity index (χ2v) is 6.59. The van der Waals surface area contributed by atoms with Crippen LogP contribution in [0, 0.1) is 11.3 Å². The lowest BCUT2D eigenvalue weighted by atomic mass is 9.80.